The number of nitrogens with one attached hydrogen (secondary N) is 1. The summed E-state index contributed by atoms with van der Waals surface area (Å²) in [6.07, 6.45) is -0.0726. The van der Waals surface area contributed by atoms with Crippen LogP contribution < -0.4 is 5.32 Å². The van der Waals surface area contributed by atoms with Gasteiger partial charge in [0.1, 0.15) is 9.92 Å². The van der Waals surface area contributed by atoms with Crippen LogP contribution in [0.1, 0.15) is 38.3 Å². The summed E-state index contributed by atoms with van der Waals surface area (Å²) in [5, 5.41) is 13.5. The molecule has 1 aliphatic rings. The van der Waals surface area contributed by atoms with Crippen LogP contribution in [0.15, 0.2) is 16.5 Å². The lowest BCUT2D eigenvalue weighted by atomic mass is 10.0. The predicted molar refractivity (Wildman–Crippen MR) is 100 cm³/mol. The molecule has 0 saturated heterocycles. The smallest absolute Gasteiger partial charge is 0.433 e. The first-order chi connectivity index (χ1) is 13.8. The van der Waals surface area contributed by atoms with Gasteiger partial charge in [-0.1, -0.05) is 0 Å². The van der Waals surface area contributed by atoms with Gasteiger partial charge in [0, 0.05) is 11.4 Å². The fourth-order valence-corrected chi connectivity index (χ4v) is 4.14. The summed E-state index contributed by atoms with van der Waals surface area (Å²) in [5.74, 6) is -2.22. The molecule has 0 spiro atoms. The number of esters is 1. The lowest BCUT2D eigenvalue weighted by molar-refractivity contribution is -0.402. The monoisotopic (exact) mass is 423 g/mol. The van der Waals surface area contributed by atoms with Gasteiger partial charge >= 0.3 is 17.9 Å². The molecule has 0 bridgehead atoms. The molecule has 3 heterocycles. The summed E-state index contributed by atoms with van der Waals surface area (Å²) >= 11 is 1.12. The van der Waals surface area contributed by atoms with Gasteiger partial charge in [-0.05, 0) is 25.0 Å². The van der Waals surface area contributed by atoms with Gasteiger partial charge in [0.25, 0.3) is 5.91 Å². The summed E-state index contributed by atoms with van der Waals surface area (Å²) in [6, 6.07) is 2.23. The minimum atomic E-state index is -0.759. The number of rotatable bonds is 5. The Morgan fingerprint density at radius 1 is 1.38 bits per heavy atom. The quantitative estimate of drug-likeness (QED) is 0.440. The van der Waals surface area contributed by atoms with E-state index in [1.165, 1.54) is 18.1 Å². The van der Waals surface area contributed by atoms with Crippen molar-refractivity contribution in [1.82, 2.24) is 4.90 Å². The summed E-state index contributed by atoms with van der Waals surface area (Å²) in [4.78, 5) is 48.9. The molecule has 1 N–H and O–H groups in total. The molecule has 154 valence electrons. The molecule has 0 atom stereocenters. The highest BCUT2D eigenvalue weighted by molar-refractivity contribution is 7.17. The van der Waals surface area contributed by atoms with Crippen molar-refractivity contribution in [3.8, 4) is 0 Å². The van der Waals surface area contributed by atoms with E-state index in [2.05, 4.69) is 5.32 Å². The van der Waals surface area contributed by atoms with Crippen molar-refractivity contribution in [2.45, 2.75) is 19.9 Å². The van der Waals surface area contributed by atoms with Gasteiger partial charge in [0.05, 0.1) is 31.9 Å². The number of carbonyl (C=O) groups excluding carboxylic acids is 3. The number of hydrogen-bond acceptors (Lipinski definition) is 9. The van der Waals surface area contributed by atoms with Gasteiger partial charge in [0.2, 0.25) is 0 Å². The first-order valence-corrected chi connectivity index (χ1v) is 9.37. The maximum absolute atomic E-state index is 12.4. The molecule has 2 aromatic rings. The van der Waals surface area contributed by atoms with Gasteiger partial charge < -0.3 is 24.1 Å². The maximum atomic E-state index is 12.4. The highest BCUT2D eigenvalue weighted by Crippen LogP contribution is 2.38. The summed E-state index contributed by atoms with van der Waals surface area (Å²) in [5.41, 5.74) is 0.883. The third-order valence-corrected chi connectivity index (χ3v) is 5.33. The van der Waals surface area contributed by atoms with Gasteiger partial charge in [-0.2, -0.15) is 0 Å². The van der Waals surface area contributed by atoms with Crippen LogP contribution >= 0.6 is 11.3 Å². The summed E-state index contributed by atoms with van der Waals surface area (Å²) < 4.78 is 14.7. The van der Waals surface area contributed by atoms with Crippen molar-refractivity contribution < 1.29 is 33.2 Å². The Labute approximate surface area is 168 Å². The van der Waals surface area contributed by atoms with Crippen molar-refractivity contribution in [1.29, 1.82) is 0 Å². The lowest BCUT2D eigenvalue weighted by Crippen LogP contribution is -2.36. The third kappa shape index (κ3) is 4.06. The SMILES string of the molecule is CCOC(=O)N1CCc2c(sc(NC(=O)c3ccc([N+](=O)[O-])o3)c2C(=O)OC)C1. The number of nitrogens with zero attached hydrogens (tertiary/aromatic N) is 2. The normalized spacial score (nSPS) is 12.8. The van der Waals surface area contributed by atoms with E-state index in [9.17, 15) is 24.5 Å². The Kier molecular flexibility index (Phi) is 5.82. The number of fused-ring (bicyclic) bond motifs is 1. The van der Waals surface area contributed by atoms with Crippen molar-refractivity contribution in [3.63, 3.8) is 0 Å². The second-order valence-corrected chi connectivity index (χ2v) is 7.02. The van der Waals surface area contributed by atoms with Crippen molar-refractivity contribution in [2.75, 3.05) is 25.6 Å². The van der Waals surface area contributed by atoms with Crippen LogP contribution in [0.3, 0.4) is 0 Å². The topological polar surface area (TPSA) is 141 Å². The molecule has 2 aromatic heterocycles. The van der Waals surface area contributed by atoms with Gasteiger partial charge in [0.15, 0.2) is 5.76 Å². The fourth-order valence-electron chi connectivity index (χ4n) is 2.89. The van der Waals surface area contributed by atoms with E-state index < -0.39 is 28.8 Å². The highest BCUT2D eigenvalue weighted by atomic mass is 32.1. The maximum Gasteiger partial charge on any atom is 0.433 e. The average molecular weight is 423 g/mol. The number of thiophene rings is 1. The van der Waals surface area contributed by atoms with Crippen molar-refractivity contribution in [2.24, 2.45) is 0 Å². The molecule has 12 heteroatoms. The number of furan rings is 1. The standard InChI is InChI=1S/C17H17N3O8S/c1-3-27-17(23)19-7-6-9-11(8-19)29-15(13(9)16(22)26-2)18-14(21)10-4-5-12(28-10)20(24)25/h4-5H,3,6-8H2,1-2H3,(H,18,21). The molecule has 0 saturated carbocycles. The first kappa shape index (κ1) is 20.3. The molecular formula is C17H17N3O8S. The fraction of sp³-hybridized carbons (Fsp3) is 0.353. The van der Waals surface area contributed by atoms with Crippen LogP contribution in [0.5, 0.6) is 0 Å². The molecule has 0 aromatic carbocycles. The molecule has 29 heavy (non-hydrogen) atoms. The minimum Gasteiger partial charge on any atom is -0.465 e. The molecule has 11 nitrogen and oxygen atoms in total. The molecule has 0 fully saturated rings. The number of ether oxygens (including phenoxy) is 2. The van der Waals surface area contributed by atoms with Gasteiger partial charge in [-0.15, -0.1) is 11.3 Å². The molecule has 0 unspecified atom stereocenters. The van der Waals surface area contributed by atoms with Gasteiger partial charge in [-0.3, -0.25) is 14.9 Å². The van der Waals surface area contributed by atoms with Crippen LogP contribution in [0, 0.1) is 10.1 Å². The largest absolute Gasteiger partial charge is 0.465 e. The molecule has 2 amide bonds. The molecule has 0 aliphatic carbocycles. The summed E-state index contributed by atoms with van der Waals surface area (Å²) in [7, 11) is 1.22. The van der Waals surface area contributed by atoms with Crippen LogP contribution in [0.25, 0.3) is 0 Å². The van der Waals surface area contributed by atoms with E-state index in [-0.39, 0.29) is 29.5 Å². The molecule has 1 aliphatic heterocycles. The van der Waals surface area contributed by atoms with E-state index >= 15 is 0 Å². The van der Waals surface area contributed by atoms with Crippen molar-refractivity contribution in [3.05, 3.63) is 44.0 Å². The van der Waals surface area contributed by atoms with Crippen LogP contribution in [-0.4, -0.2) is 48.1 Å². The van der Waals surface area contributed by atoms with E-state index in [1.807, 2.05) is 0 Å². The number of nitro groups is 1. The molecular weight excluding hydrogens is 406 g/mol. The molecule has 3 rings (SSSR count). The van der Waals surface area contributed by atoms with Crippen LogP contribution in [-0.2, 0) is 22.4 Å². The van der Waals surface area contributed by atoms with Crippen LogP contribution in [0.2, 0.25) is 0 Å². The van der Waals surface area contributed by atoms with E-state index in [4.69, 9.17) is 13.9 Å². The Balaban J connectivity index is 1.88. The number of hydrogen-bond donors (Lipinski definition) is 1. The summed E-state index contributed by atoms with van der Waals surface area (Å²) in [6.45, 7) is 2.53. The van der Waals surface area contributed by atoms with Crippen molar-refractivity contribution >= 4 is 40.2 Å². The highest BCUT2D eigenvalue weighted by Gasteiger charge is 2.31. The number of carbonyl (C=O) groups is 3. The predicted octanol–water partition coefficient (Wildman–Crippen LogP) is 2.80. The van der Waals surface area contributed by atoms with Gasteiger partial charge in [-0.25, -0.2) is 9.59 Å². The number of anilines is 1. The Bertz CT molecular complexity index is 979. The second kappa shape index (κ2) is 8.31. The zero-order chi connectivity index (χ0) is 21.1. The zero-order valence-corrected chi connectivity index (χ0v) is 16.4. The number of amides is 2. The minimum absolute atomic E-state index is 0.199. The Hall–Kier alpha value is -3.41. The van der Waals surface area contributed by atoms with E-state index in [0.717, 1.165) is 17.4 Å². The van der Waals surface area contributed by atoms with Crippen LogP contribution in [0.4, 0.5) is 15.7 Å². The Morgan fingerprint density at radius 3 is 2.76 bits per heavy atom. The first-order valence-electron chi connectivity index (χ1n) is 8.55. The lowest BCUT2D eigenvalue weighted by Gasteiger charge is -2.26. The molecule has 0 radical (unpaired) electrons. The third-order valence-electron chi connectivity index (χ3n) is 4.20. The Morgan fingerprint density at radius 2 is 2.14 bits per heavy atom. The van der Waals surface area contributed by atoms with E-state index in [0.29, 0.717) is 23.4 Å². The second-order valence-electron chi connectivity index (χ2n) is 5.92. The van der Waals surface area contributed by atoms with E-state index in [1.54, 1.807) is 6.92 Å². The average Bonchev–Trinajstić information content (AvgIpc) is 3.32. The zero-order valence-electron chi connectivity index (χ0n) is 15.6. The number of methoxy groups -OCH3 is 1.